The molecule has 0 aromatic heterocycles. The number of fused-ring (bicyclic) bond motifs is 1. The van der Waals surface area contributed by atoms with Crippen molar-refractivity contribution in [1.82, 2.24) is 5.32 Å². The SMILES string of the molecule is CCOC(=O)C=Cc1c(C)cccc1[C@@H](C)OC[C@H](O)CNC(C)(C)CC1Cc2ccccc2C1. The number of hydrogen-bond donors (Lipinski definition) is 2. The summed E-state index contributed by atoms with van der Waals surface area (Å²) in [5.74, 6) is 0.270. The van der Waals surface area contributed by atoms with Crippen LogP contribution in [-0.4, -0.2) is 42.5 Å². The zero-order valence-electron chi connectivity index (χ0n) is 21.8. The lowest BCUT2D eigenvalue weighted by Gasteiger charge is -2.31. The highest BCUT2D eigenvalue weighted by Crippen LogP contribution is 2.32. The molecule has 1 aliphatic carbocycles. The predicted molar refractivity (Wildman–Crippen MR) is 141 cm³/mol. The summed E-state index contributed by atoms with van der Waals surface area (Å²) in [6.45, 7) is 11.2. The van der Waals surface area contributed by atoms with E-state index < -0.39 is 6.10 Å². The zero-order valence-corrected chi connectivity index (χ0v) is 21.8. The molecule has 0 heterocycles. The summed E-state index contributed by atoms with van der Waals surface area (Å²) in [5, 5.41) is 14.2. The van der Waals surface area contributed by atoms with Gasteiger partial charge in [0.05, 0.1) is 25.4 Å². The lowest BCUT2D eigenvalue weighted by Crippen LogP contribution is -2.45. The summed E-state index contributed by atoms with van der Waals surface area (Å²) in [5.41, 5.74) is 5.86. The van der Waals surface area contributed by atoms with Crippen molar-refractivity contribution in [3.05, 3.63) is 76.4 Å². The van der Waals surface area contributed by atoms with Gasteiger partial charge in [0.2, 0.25) is 0 Å². The van der Waals surface area contributed by atoms with Crippen LogP contribution in [0.4, 0.5) is 0 Å². The van der Waals surface area contributed by atoms with Gasteiger partial charge in [0.1, 0.15) is 0 Å². The molecule has 0 bridgehead atoms. The van der Waals surface area contributed by atoms with Gasteiger partial charge >= 0.3 is 5.97 Å². The molecule has 2 aromatic carbocycles. The second-order valence-electron chi connectivity index (χ2n) is 10.3. The molecule has 35 heavy (non-hydrogen) atoms. The largest absolute Gasteiger partial charge is 0.463 e. The quantitative estimate of drug-likeness (QED) is 0.324. The number of benzene rings is 2. The highest BCUT2D eigenvalue weighted by molar-refractivity contribution is 5.87. The minimum atomic E-state index is -0.610. The topological polar surface area (TPSA) is 67.8 Å². The lowest BCUT2D eigenvalue weighted by molar-refractivity contribution is -0.137. The van der Waals surface area contributed by atoms with E-state index in [1.807, 2.05) is 32.0 Å². The second-order valence-corrected chi connectivity index (χ2v) is 10.3. The summed E-state index contributed by atoms with van der Waals surface area (Å²) >= 11 is 0. The van der Waals surface area contributed by atoms with Crippen molar-refractivity contribution < 1.29 is 19.4 Å². The molecule has 0 unspecified atom stereocenters. The molecule has 5 nitrogen and oxygen atoms in total. The van der Waals surface area contributed by atoms with Gasteiger partial charge in [-0.15, -0.1) is 0 Å². The smallest absolute Gasteiger partial charge is 0.330 e. The van der Waals surface area contributed by atoms with Crippen LogP contribution < -0.4 is 5.32 Å². The van der Waals surface area contributed by atoms with E-state index in [9.17, 15) is 9.90 Å². The maximum absolute atomic E-state index is 11.8. The van der Waals surface area contributed by atoms with E-state index in [4.69, 9.17) is 9.47 Å². The van der Waals surface area contributed by atoms with Crippen LogP contribution in [0.3, 0.4) is 0 Å². The molecule has 1 aliphatic rings. The zero-order chi connectivity index (χ0) is 25.4. The Morgan fingerprint density at radius 3 is 2.51 bits per heavy atom. The molecule has 2 N–H and O–H groups in total. The first-order chi connectivity index (χ1) is 16.7. The number of ether oxygens (including phenoxy) is 2. The molecule has 0 aliphatic heterocycles. The molecule has 2 atom stereocenters. The van der Waals surface area contributed by atoms with Gasteiger partial charge in [-0.2, -0.15) is 0 Å². The van der Waals surface area contributed by atoms with Crippen LogP contribution in [0.5, 0.6) is 0 Å². The lowest BCUT2D eigenvalue weighted by atomic mass is 9.88. The molecular weight excluding hydrogens is 438 g/mol. The van der Waals surface area contributed by atoms with Gasteiger partial charge in [-0.1, -0.05) is 42.5 Å². The number of carbonyl (C=O) groups excluding carboxylic acids is 1. The number of β-amino-alcohol motifs (C(OH)–C–C–N with tert-alkyl or cyclic N) is 1. The minimum absolute atomic E-state index is 0.0685. The Kier molecular flexibility index (Phi) is 9.67. The first-order valence-corrected chi connectivity index (χ1v) is 12.7. The van der Waals surface area contributed by atoms with E-state index in [1.54, 1.807) is 13.0 Å². The number of aliphatic hydroxyl groups is 1. The van der Waals surface area contributed by atoms with E-state index in [0.29, 0.717) is 19.1 Å². The van der Waals surface area contributed by atoms with Crippen LogP contribution in [0.25, 0.3) is 6.08 Å². The fourth-order valence-corrected chi connectivity index (χ4v) is 5.01. The molecule has 190 valence electrons. The Bertz CT molecular complexity index is 988. The molecular formula is C30H41NO4. The third kappa shape index (κ3) is 8.03. The van der Waals surface area contributed by atoms with Gasteiger partial charge in [-0.25, -0.2) is 4.79 Å². The summed E-state index contributed by atoms with van der Waals surface area (Å²) in [4.78, 5) is 11.8. The van der Waals surface area contributed by atoms with Crippen molar-refractivity contribution in [3.63, 3.8) is 0 Å². The number of aryl methyl sites for hydroxylation is 1. The molecule has 0 spiro atoms. The van der Waals surface area contributed by atoms with Crippen LogP contribution in [-0.2, 0) is 27.1 Å². The molecule has 0 fully saturated rings. The summed E-state index contributed by atoms with van der Waals surface area (Å²) in [7, 11) is 0. The molecule has 5 heteroatoms. The van der Waals surface area contributed by atoms with Crippen LogP contribution in [0.2, 0.25) is 0 Å². The number of nitrogens with one attached hydrogen (secondary N) is 1. The van der Waals surface area contributed by atoms with E-state index >= 15 is 0 Å². The van der Waals surface area contributed by atoms with Gasteiger partial charge in [0.15, 0.2) is 0 Å². The van der Waals surface area contributed by atoms with E-state index in [-0.39, 0.29) is 24.2 Å². The van der Waals surface area contributed by atoms with Crippen LogP contribution in [0, 0.1) is 12.8 Å². The van der Waals surface area contributed by atoms with Gasteiger partial charge in [0.25, 0.3) is 0 Å². The molecule has 0 amide bonds. The van der Waals surface area contributed by atoms with Crippen molar-refractivity contribution in [2.45, 2.75) is 71.6 Å². The van der Waals surface area contributed by atoms with Crippen LogP contribution in [0.15, 0.2) is 48.5 Å². The normalized spacial score (nSPS) is 15.8. The average Bonchev–Trinajstić information content (AvgIpc) is 3.22. The van der Waals surface area contributed by atoms with E-state index in [1.165, 1.54) is 17.2 Å². The predicted octanol–water partition coefficient (Wildman–Crippen LogP) is 5.18. The summed E-state index contributed by atoms with van der Waals surface area (Å²) in [6, 6.07) is 14.7. The fourth-order valence-electron chi connectivity index (χ4n) is 5.01. The molecule has 2 aromatic rings. The Hall–Kier alpha value is -2.47. The Balaban J connectivity index is 1.48. The van der Waals surface area contributed by atoms with Gasteiger partial charge in [-0.05, 0) is 93.7 Å². The third-order valence-corrected chi connectivity index (χ3v) is 6.76. The summed E-state index contributed by atoms with van der Waals surface area (Å²) < 4.78 is 11.0. The van der Waals surface area contributed by atoms with Crippen molar-refractivity contribution >= 4 is 12.0 Å². The van der Waals surface area contributed by atoms with Gasteiger partial charge in [0, 0.05) is 18.2 Å². The van der Waals surface area contributed by atoms with Crippen molar-refractivity contribution in [2.75, 3.05) is 19.8 Å². The monoisotopic (exact) mass is 479 g/mol. The minimum Gasteiger partial charge on any atom is -0.463 e. The highest BCUT2D eigenvalue weighted by atomic mass is 16.5. The molecule has 0 saturated heterocycles. The number of rotatable bonds is 12. The highest BCUT2D eigenvalue weighted by Gasteiger charge is 2.28. The summed E-state index contributed by atoms with van der Waals surface area (Å²) in [6.07, 6.45) is 5.72. The van der Waals surface area contributed by atoms with E-state index in [0.717, 1.165) is 36.0 Å². The number of aliphatic hydroxyl groups excluding tert-OH is 1. The maximum Gasteiger partial charge on any atom is 0.330 e. The van der Waals surface area contributed by atoms with Crippen LogP contribution >= 0.6 is 0 Å². The van der Waals surface area contributed by atoms with Crippen molar-refractivity contribution in [3.8, 4) is 0 Å². The molecule has 0 saturated carbocycles. The second kappa shape index (κ2) is 12.5. The fraction of sp³-hybridized carbons (Fsp3) is 0.500. The van der Waals surface area contributed by atoms with Gasteiger partial charge < -0.3 is 19.9 Å². The average molecular weight is 480 g/mol. The number of esters is 1. The maximum atomic E-state index is 11.8. The standard InChI is InChI=1S/C30H41NO4/c1-6-34-29(33)15-14-27-21(2)10-9-13-28(27)22(3)35-20-26(32)19-31-30(4,5)18-23-16-24-11-7-8-12-25(24)17-23/h7-15,22-23,26,31-32H,6,16-20H2,1-5H3/t22-,26-/m1/s1. The number of hydrogen-bond acceptors (Lipinski definition) is 5. The Labute approximate surface area is 210 Å². The Morgan fingerprint density at radius 1 is 1.17 bits per heavy atom. The van der Waals surface area contributed by atoms with Crippen LogP contribution in [0.1, 0.15) is 68.0 Å². The molecule has 3 rings (SSSR count). The van der Waals surface area contributed by atoms with Crippen molar-refractivity contribution in [2.24, 2.45) is 5.92 Å². The van der Waals surface area contributed by atoms with E-state index in [2.05, 4.69) is 43.4 Å². The first kappa shape index (κ1) is 27.1. The van der Waals surface area contributed by atoms with Crippen molar-refractivity contribution in [1.29, 1.82) is 0 Å². The number of carbonyl (C=O) groups is 1. The molecule has 0 radical (unpaired) electrons. The van der Waals surface area contributed by atoms with Gasteiger partial charge in [-0.3, -0.25) is 0 Å². The third-order valence-electron chi connectivity index (χ3n) is 6.76. The first-order valence-electron chi connectivity index (χ1n) is 12.7. The Morgan fingerprint density at radius 2 is 1.86 bits per heavy atom.